The van der Waals surface area contributed by atoms with Crippen molar-refractivity contribution in [3.05, 3.63) is 21.4 Å². The lowest BCUT2D eigenvalue weighted by Crippen LogP contribution is -2.43. The van der Waals surface area contributed by atoms with Gasteiger partial charge in [-0.15, -0.1) is 11.3 Å². The van der Waals surface area contributed by atoms with Gasteiger partial charge >= 0.3 is 6.09 Å². The van der Waals surface area contributed by atoms with E-state index in [2.05, 4.69) is 13.8 Å². The Kier molecular flexibility index (Phi) is 4.95. The van der Waals surface area contributed by atoms with Crippen LogP contribution in [0.5, 0.6) is 0 Å². The standard InChI is InChI=1S/C17H25NO3S/c1-11(2)8-14-15-12(9-13(10-19)22-15)6-7-18(14)16(20)21-17(3,4)5/h9-11,14H,6-8H2,1-5H3/t14-/m1/s1. The summed E-state index contributed by atoms with van der Waals surface area (Å²) in [5.74, 6) is 0.461. The molecule has 0 N–H and O–H groups in total. The van der Waals surface area contributed by atoms with Crippen LogP contribution in [-0.4, -0.2) is 29.4 Å². The van der Waals surface area contributed by atoms with Crippen LogP contribution < -0.4 is 0 Å². The van der Waals surface area contributed by atoms with Gasteiger partial charge < -0.3 is 4.74 Å². The van der Waals surface area contributed by atoms with Crippen LogP contribution in [0.25, 0.3) is 0 Å². The molecular formula is C17H25NO3S. The zero-order valence-corrected chi connectivity index (χ0v) is 14.8. The Labute approximate surface area is 136 Å². The molecule has 0 bridgehead atoms. The van der Waals surface area contributed by atoms with Crippen LogP contribution >= 0.6 is 11.3 Å². The van der Waals surface area contributed by atoms with Crippen molar-refractivity contribution in [1.29, 1.82) is 0 Å². The van der Waals surface area contributed by atoms with Gasteiger partial charge in [-0.3, -0.25) is 9.69 Å². The number of carbonyl (C=O) groups excluding carboxylic acids is 2. The molecule has 0 saturated heterocycles. The monoisotopic (exact) mass is 323 g/mol. The second kappa shape index (κ2) is 6.41. The Bertz CT molecular complexity index is 557. The van der Waals surface area contributed by atoms with Gasteiger partial charge in [-0.1, -0.05) is 13.8 Å². The van der Waals surface area contributed by atoms with E-state index < -0.39 is 5.60 Å². The van der Waals surface area contributed by atoms with Crippen LogP contribution in [-0.2, 0) is 11.2 Å². The molecule has 122 valence electrons. The summed E-state index contributed by atoms with van der Waals surface area (Å²) >= 11 is 1.51. The predicted molar refractivity (Wildman–Crippen MR) is 88.5 cm³/mol. The first-order chi connectivity index (χ1) is 10.2. The van der Waals surface area contributed by atoms with E-state index in [1.165, 1.54) is 16.9 Å². The van der Waals surface area contributed by atoms with Gasteiger partial charge in [-0.25, -0.2) is 4.79 Å². The number of hydrogen-bond acceptors (Lipinski definition) is 4. The normalized spacial score (nSPS) is 18.3. The van der Waals surface area contributed by atoms with Gasteiger partial charge in [0.15, 0.2) is 6.29 Å². The lowest BCUT2D eigenvalue weighted by molar-refractivity contribution is 0.0125. The van der Waals surface area contributed by atoms with Crippen LogP contribution in [0.3, 0.4) is 0 Å². The van der Waals surface area contributed by atoms with Crippen molar-refractivity contribution in [1.82, 2.24) is 4.90 Å². The molecule has 5 heteroatoms. The van der Waals surface area contributed by atoms with Crippen molar-refractivity contribution < 1.29 is 14.3 Å². The molecule has 22 heavy (non-hydrogen) atoms. The van der Waals surface area contributed by atoms with E-state index in [0.717, 1.165) is 28.9 Å². The highest BCUT2D eigenvalue weighted by Crippen LogP contribution is 2.39. The Morgan fingerprint density at radius 1 is 1.50 bits per heavy atom. The van der Waals surface area contributed by atoms with Crippen molar-refractivity contribution in [2.75, 3.05) is 6.54 Å². The Hall–Kier alpha value is -1.36. The number of rotatable bonds is 3. The van der Waals surface area contributed by atoms with Gasteiger partial charge in [-0.2, -0.15) is 0 Å². The number of aldehydes is 1. The van der Waals surface area contributed by atoms with Gasteiger partial charge in [-0.05, 0) is 51.2 Å². The van der Waals surface area contributed by atoms with Gasteiger partial charge in [0.25, 0.3) is 0 Å². The molecule has 1 amide bonds. The minimum Gasteiger partial charge on any atom is -0.444 e. The van der Waals surface area contributed by atoms with E-state index in [9.17, 15) is 9.59 Å². The van der Waals surface area contributed by atoms with Crippen LogP contribution in [0.15, 0.2) is 6.07 Å². The molecule has 1 aliphatic rings. The minimum atomic E-state index is -0.497. The molecule has 0 radical (unpaired) electrons. The first kappa shape index (κ1) is 17.0. The van der Waals surface area contributed by atoms with Crippen LogP contribution in [0.1, 0.15) is 67.2 Å². The minimum absolute atomic E-state index is 0.0114. The molecule has 4 nitrogen and oxygen atoms in total. The van der Waals surface area contributed by atoms with Crippen molar-refractivity contribution in [3.8, 4) is 0 Å². The van der Waals surface area contributed by atoms with Crippen LogP contribution in [0, 0.1) is 5.92 Å². The fourth-order valence-electron chi connectivity index (χ4n) is 2.76. The van der Waals surface area contributed by atoms with Gasteiger partial charge in [0.2, 0.25) is 0 Å². The quantitative estimate of drug-likeness (QED) is 0.773. The van der Waals surface area contributed by atoms with Crippen LogP contribution in [0.2, 0.25) is 0 Å². The number of fused-ring (bicyclic) bond motifs is 1. The molecule has 1 aromatic rings. The second-order valence-corrected chi connectivity index (χ2v) is 8.34. The summed E-state index contributed by atoms with van der Waals surface area (Å²) in [5.41, 5.74) is 0.709. The maximum Gasteiger partial charge on any atom is 0.410 e. The summed E-state index contributed by atoms with van der Waals surface area (Å²) in [7, 11) is 0. The van der Waals surface area contributed by atoms with E-state index in [4.69, 9.17) is 4.74 Å². The molecule has 0 unspecified atom stereocenters. The number of carbonyl (C=O) groups is 2. The number of nitrogens with zero attached hydrogens (tertiary/aromatic N) is 1. The highest BCUT2D eigenvalue weighted by molar-refractivity contribution is 7.13. The third-order valence-electron chi connectivity index (χ3n) is 3.60. The molecule has 1 atom stereocenters. The fourth-order valence-corrected chi connectivity index (χ4v) is 3.91. The zero-order valence-electron chi connectivity index (χ0n) is 14.0. The van der Waals surface area contributed by atoms with E-state index in [1.54, 1.807) is 0 Å². The first-order valence-corrected chi connectivity index (χ1v) is 8.60. The SMILES string of the molecule is CC(C)C[C@@H]1c2sc(C=O)cc2CCN1C(=O)OC(C)(C)C. The summed E-state index contributed by atoms with van der Waals surface area (Å²) < 4.78 is 5.56. The molecule has 0 aliphatic carbocycles. The van der Waals surface area contributed by atoms with Crippen molar-refractivity contribution in [2.45, 2.75) is 59.1 Å². The molecule has 0 saturated carbocycles. The number of thiophene rings is 1. The summed E-state index contributed by atoms with van der Waals surface area (Å²) in [6.45, 7) is 10.6. The van der Waals surface area contributed by atoms with E-state index >= 15 is 0 Å². The smallest absolute Gasteiger partial charge is 0.410 e. The highest BCUT2D eigenvalue weighted by Gasteiger charge is 2.35. The average molecular weight is 323 g/mol. The maximum absolute atomic E-state index is 12.5. The number of ether oxygens (including phenoxy) is 1. The van der Waals surface area contributed by atoms with Crippen molar-refractivity contribution >= 4 is 23.7 Å². The third-order valence-corrected chi connectivity index (χ3v) is 4.80. The molecule has 0 fully saturated rings. The summed E-state index contributed by atoms with van der Waals surface area (Å²) in [6.07, 6.45) is 2.30. The molecule has 2 heterocycles. The fraction of sp³-hybridized carbons (Fsp3) is 0.647. The lowest BCUT2D eigenvalue weighted by Gasteiger charge is -2.37. The van der Waals surface area contributed by atoms with E-state index in [1.807, 2.05) is 31.7 Å². The Balaban J connectivity index is 2.30. The average Bonchev–Trinajstić information content (AvgIpc) is 2.79. The van der Waals surface area contributed by atoms with Crippen molar-refractivity contribution in [2.24, 2.45) is 5.92 Å². The lowest BCUT2D eigenvalue weighted by atomic mass is 9.94. The third kappa shape index (κ3) is 3.88. The largest absolute Gasteiger partial charge is 0.444 e. The van der Waals surface area contributed by atoms with Crippen molar-refractivity contribution in [3.63, 3.8) is 0 Å². The highest BCUT2D eigenvalue weighted by atomic mass is 32.1. The van der Waals surface area contributed by atoms with Crippen LogP contribution in [0.4, 0.5) is 4.79 Å². The Morgan fingerprint density at radius 3 is 2.73 bits per heavy atom. The first-order valence-electron chi connectivity index (χ1n) is 7.78. The summed E-state index contributed by atoms with van der Waals surface area (Å²) in [6, 6.07) is 1.98. The van der Waals surface area contributed by atoms with E-state index in [0.29, 0.717) is 12.5 Å². The van der Waals surface area contributed by atoms with Gasteiger partial charge in [0, 0.05) is 11.4 Å². The molecule has 2 rings (SSSR count). The molecular weight excluding hydrogens is 298 g/mol. The van der Waals surface area contributed by atoms with Gasteiger partial charge in [0.05, 0.1) is 10.9 Å². The predicted octanol–water partition coefficient (Wildman–Crippen LogP) is 4.44. The molecule has 0 aromatic carbocycles. The number of amides is 1. The van der Waals surface area contributed by atoms with E-state index in [-0.39, 0.29) is 12.1 Å². The summed E-state index contributed by atoms with van der Waals surface area (Å²) in [5, 5.41) is 0. The maximum atomic E-state index is 12.5. The zero-order chi connectivity index (χ0) is 16.5. The summed E-state index contributed by atoms with van der Waals surface area (Å²) in [4.78, 5) is 27.3. The Morgan fingerprint density at radius 2 is 2.18 bits per heavy atom. The topological polar surface area (TPSA) is 46.6 Å². The van der Waals surface area contributed by atoms with Gasteiger partial charge in [0.1, 0.15) is 5.60 Å². The molecule has 1 aliphatic heterocycles. The molecule has 0 spiro atoms. The number of hydrogen-bond donors (Lipinski definition) is 0. The molecule has 1 aromatic heterocycles. The second-order valence-electron chi connectivity index (χ2n) is 7.23.